The maximum absolute atomic E-state index is 12.1. The first-order valence-electron chi connectivity index (χ1n) is 8.62. The van der Waals surface area contributed by atoms with Crippen LogP contribution in [0.15, 0.2) is 59.1 Å². The highest BCUT2D eigenvalue weighted by Gasteiger charge is 2.13. The molecule has 134 valence electrons. The smallest absolute Gasteiger partial charge is 0.227 e. The molecule has 3 aromatic rings. The van der Waals surface area contributed by atoms with Gasteiger partial charge in [-0.25, -0.2) is 0 Å². The molecule has 0 saturated heterocycles. The van der Waals surface area contributed by atoms with E-state index in [0.29, 0.717) is 31.1 Å². The van der Waals surface area contributed by atoms with Gasteiger partial charge in [0.2, 0.25) is 17.6 Å². The number of hydrogen-bond acceptors (Lipinski definition) is 5. The van der Waals surface area contributed by atoms with E-state index in [1.807, 2.05) is 61.5 Å². The van der Waals surface area contributed by atoms with Crippen LogP contribution < -0.4 is 11.1 Å². The molecule has 0 saturated carbocycles. The molecule has 0 aliphatic carbocycles. The van der Waals surface area contributed by atoms with E-state index in [9.17, 15) is 4.79 Å². The van der Waals surface area contributed by atoms with Crippen LogP contribution in [0.1, 0.15) is 36.4 Å². The quantitative estimate of drug-likeness (QED) is 0.683. The Balaban J connectivity index is 1.53. The van der Waals surface area contributed by atoms with Gasteiger partial charge >= 0.3 is 0 Å². The maximum Gasteiger partial charge on any atom is 0.227 e. The molecule has 6 nitrogen and oxygen atoms in total. The third-order valence-electron chi connectivity index (χ3n) is 4.16. The Kier molecular flexibility index (Phi) is 5.76. The van der Waals surface area contributed by atoms with E-state index in [2.05, 4.69) is 15.5 Å². The summed E-state index contributed by atoms with van der Waals surface area (Å²) in [6, 6.07) is 17.5. The standard InChI is InChI=1S/C20H22N4O2/c1-14(16-5-3-2-4-6-16)22-18(25)11-12-19-23-20(24-26-19)17-9-7-15(13-21)8-10-17/h2-10,14H,11-13,21H2,1H3,(H,22,25)/t14-/m0/s1. The number of amides is 1. The maximum atomic E-state index is 12.1. The number of nitrogens with zero attached hydrogens (tertiary/aromatic N) is 2. The number of nitrogens with two attached hydrogens (primary N) is 1. The molecular formula is C20H22N4O2. The van der Waals surface area contributed by atoms with Crippen molar-refractivity contribution in [1.82, 2.24) is 15.5 Å². The van der Waals surface area contributed by atoms with Gasteiger partial charge in [0.1, 0.15) is 0 Å². The van der Waals surface area contributed by atoms with Gasteiger partial charge in [0.25, 0.3) is 0 Å². The molecule has 3 rings (SSSR count). The average molecular weight is 350 g/mol. The Labute approximate surface area is 152 Å². The first-order valence-corrected chi connectivity index (χ1v) is 8.62. The van der Waals surface area contributed by atoms with Gasteiger partial charge < -0.3 is 15.6 Å². The number of benzene rings is 2. The Morgan fingerprint density at radius 2 is 1.88 bits per heavy atom. The molecule has 26 heavy (non-hydrogen) atoms. The number of nitrogens with one attached hydrogen (secondary N) is 1. The lowest BCUT2D eigenvalue weighted by Gasteiger charge is -2.13. The van der Waals surface area contributed by atoms with Gasteiger partial charge in [-0.15, -0.1) is 0 Å². The zero-order valence-corrected chi connectivity index (χ0v) is 14.7. The Morgan fingerprint density at radius 3 is 2.58 bits per heavy atom. The lowest BCUT2D eigenvalue weighted by atomic mass is 10.1. The summed E-state index contributed by atoms with van der Waals surface area (Å²) in [6.45, 7) is 2.46. The number of aromatic nitrogens is 2. The Morgan fingerprint density at radius 1 is 1.15 bits per heavy atom. The summed E-state index contributed by atoms with van der Waals surface area (Å²) in [4.78, 5) is 16.5. The van der Waals surface area contributed by atoms with Crippen LogP contribution in [0.2, 0.25) is 0 Å². The van der Waals surface area contributed by atoms with Gasteiger partial charge in [0, 0.05) is 24.9 Å². The average Bonchev–Trinajstić information content (AvgIpc) is 3.16. The van der Waals surface area contributed by atoms with Crippen LogP contribution in [0.25, 0.3) is 11.4 Å². The summed E-state index contributed by atoms with van der Waals surface area (Å²) in [5, 5.41) is 6.96. The molecule has 0 bridgehead atoms. The number of carbonyl (C=O) groups excluding carboxylic acids is 1. The van der Waals surface area contributed by atoms with Gasteiger partial charge in [-0.05, 0) is 18.1 Å². The number of aryl methyl sites for hydroxylation is 1. The van der Waals surface area contributed by atoms with Crippen molar-refractivity contribution in [2.24, 2.45) is 5.73 Å². The van der Waals surface area contributed by atoms with E-state index in [-0.39, 0.29) is 11.9 Å². The van der Waals surface area contributed by atoms with Crippen LogP contribution in [0.5, 0.6) is 0 Å². The van der Waals surface area contributed by atoms with E-state index in [4.69, 9.17) is 10.3 Å². The van der Waals surface area contributed by atoms with Crippen molar-refractivity contribution in [2.75, 3.05) is 0 Å². The first-order chi connectivity index (χ1) is 12.7. The van der Waals surface area contributed by atoms with Crippen molar-refractivity contribution in [1.29, 1.82) is 0 Å². The van der Waals surface area contributed by atoms with Gasteiger partial charge in [0.15, 0.2) is 0 Å². The summed E-state index contributed by atoms with van der Waals surface area (Å²) in [7, 11) is 0. The third-order valence-corrected chi connectivity index (χ3v) is 4.16. The number of carbonyl (C=O) groups is 1. The highest BCUT2D eigenvalue weighted by atomic mass is 16.5. The minimum absolute atomic E-state index is 0.0389. The molecule has 1 amide bonds. The van der Waals surface area contributed by atoms with Crippen LogP contribution >= 0.6 is 0 Å². The molecule has 0 fully saturated rings. The normalized spacial score (nSPS) is 11.9. The van der Waals surface area contributed by atoms with Crippen molar-refractivity contribution in [3.63, 3.8) is 0 Å². The lowest BCUT2D eigenvalue weighted by Crippen LogP contribution is -2.26. The lowest BCUT2D eigenvalue weighted by molar-refractivity contribution is -0.121. The van der Waals surface area contributed by atoms with Gasteiger partial charge in [0.05, 0.1) is 6.04 Å². The Hall–Kier alpha value is -2.99. The van der Waals surface area contributed by atoms with Crippen LogP contribution in [-0.2, 0) is 17.8 Å². The fraction of sp³-hybridized carbons (Fsp3) is 0.250. The van der Waals surface area contributed by atoms with Crippen molar-refractivity contribution in [3.8, 4) is 11.4 Å². The van der Waals surface area contributed by atoms with Crippen molar-refractivity contribution in [3.05, 3.63) is 71.6 Å². The molecule has 3 N–H and O–H groups in total. The zero-order valence-electron chi connectivity index (χ0n) is 14.7. The van der Waals surface area contributed by atoms with Crippen LogP contribution in [-0.4, -0.2) is 16.0 Å². The highest BCUT2D eigenvalue weighted by molar-refractivity contribution is 5.76. The van der Waals surface area contributed by atoms with Crippen molar-refractivity contribution in [2.45, 2.75) is 32.4 Å². The second-order valence-corrected chi connectivity index (χ2v) is 6.11. The molecule has 1 atom stereocenters. The summed E-state index contributed by atoms with van der Waals surface area (Å²) in [6.07, 6.45) is 0.701. The molecule has 1 aromatic heterocycles. The fourth-order valence-electron chi connectivity index (χ4n) is 2.62. The first kappa shape index (κ1) is 17.8. The monoisotopic (exact) mass is 350 g/mol. The zero-order chi connectivity index (χ0) is 18.4. The summed E-state index contributed by atoms with van der Waals surface area (Å²) >= 11 is 0. The minimum atomic E-state index is -0.0478. The van der Waals surface area contributed by atoms with E-state index in [0.717, 1.165) is 16.7 Å². The SMILES string of the molecule is C[C@H](NC(=O)CCc1nc(-c2ccc(CN)cc2)no1)c1ccccc1. The third kappa shape index (κ3) is 4.55. The van der Waals surface area contributed by atoms with Gasteiger partial charge in [-0.3, -0.25) is 4.79 Å². The number of rotatable bonds is 7. The van der Waals surface area contributed by atoms with E-state index < -0.39 is 0 Å². The predicted molar refractivity (Wildman–Crippen MR) is 98.9 cm³/mol. The second-order valence-electron chi connectivity index (χ2n) is 6.11. The molecule has 0 aliphatic heterocycles. The van der Waals surface area contributed by atoms with E-state index in [1.54, 1.807) is 0 Å². The predicted octanol–water partition coefficient (Wildman–Crippen LogP) is 3.01. The number of hydrogen-bond donors (Lipinski definition) is 2. The van der Waals surface area contributed by atoms with Gasteiger partial charge in [-0.2, -0.15) is 4.98 Å². The van der Waals surface area contributed by atoms with Crippen LogP contribution in [0.3, 0.4) is 0 Å². The van der Waals surface area contributed by atoms with E-state index in [1.165, 1.54) is 0 Å². The van der Waals surface area contributed by atoms with Crippen LogP contribution in [0, 0.1) is 0 Å². The molecule has 6 heteroatoms. The largest absolute Gasteiger partial charge is 0.350 e. The minimum Gasteiger partial charge on any atom is -0.350 e. The molecule has 0 aliphatic rings. The fourth-order valence-corrected chi connectivity index (χ4v) is 2.62. The Bertz CT molecular complexity index is 844. The van der Waals surface area contributed by atoms with Gasteiger partial charge in [-0.1, -0.05) is 59.8 Å². The summed E-state index contributed by atoms with van der Waals surface area (Å²) in [5.41, 5.74) is 8.57. The molecule has 0 radical (unpaired) electrons. The van der Waals surface area contributed by atoms with Crippen LogP contribution in [0.4, 0.5) is 0 Å². The summed E-state index contributed by atoms with van der Waals surface area (Å²) in [5.74, 6) is 0.917. The molecule has 1 heterocycles. The second kappa shape index (κ2) is 8.40. The topological polar surface area (TPSA) is 94.0 Å². The molecule has 0 unspecified atom stereocenters. The van der Waals surface area contributed by atoms with E-state index >= 15 is 0 Å². The molecule has 2 aromatic carbocycles. The highest BCUT2D eigenvalue weighted by Crippen LogP contribution is 2.17. The van der Waals surface area contributed by atoms with Crippen molar-refractivity contribution >= 4 is 5.91 Å². The molecule has 0 spiro atoms. The van der Waals surface area contributed by atoms with Crippen molar-refractivity contribution < 1.29 is 9.32 Å². The summed E-state index contributed by atoms with van der Waals surface area (Å²) < 4.78 is 5.25. The molecular weight excluding hydrogens is 328 g/mol.